The van der Waals surface area contributed by atoms with Gasteiger partial charge in [0.15, 0.2) is 0 Å². The van der Waals surface area contributed by atoms with Crippen molar-refractivity contribution in [3.8, 4) is 5.75 Å². The summed E-state index contributed by atoms with van der Waals surface area (Å²) in [5, 5.41) is 24.9. The van der Waals surface area contributed by atoms with Crippen molar-refractivity contribution < 1.29 is 5.11 Å². The molecule has 0 saturated carbocycles. The fourth-order valence-electron chi connectivity index (χ4n) is 3.74. The van der Waals surface area contributed by atoms with Gasteiger partial charge in [0.05, 0.1) is 5.69 Å². The average Bonchev–Trinajstić information content (AvgIpc) is 2.86. The summed E-state index contributed by atoms with van der Waals surface area (Å²) in [7, 11) is -0.697. The van der Waals surface area contributed by atoms with E-state index in [0.29, 0.717) is 5.69 Å². The van der Waals surface area contributed by atoms with Gasteiger partial charge in [0, 0.05) is 5.39 Å². The zero-order chi connectivity index (χ0) is 21.8. The van der Waals surface area contributed by atoms with Gasteiger partial charge in [-0.1, -0.05) is 97.1 Å². The molecule has 4 heteroatoms. The maximum absolute atomic E-state index is 10.5. The average molecular weight is 432 g/mol. The Labute approximate surface area is 188 Å². The maximum atomic E-state index is 10.5. The van der Waals surface area contributed by atoms with Gasteiger partial charge in [-0.05, 0) is 53.5 Å². The van der Waals surface area contributed by atoms with Gasteiger partial charge in [-0.25, -0.2) is 0 Å². The zero-order valence-electron chi connectivity index (χ0n) is 17.3. The molecular weight excluding hydrogens is 411 g/mol. The van der Waals surface area contributed by atoms with Gasteiger partial charge < -0.3 is 5.11 Å². The van der Waals surface area contributed by atoms with E-state index in [1.54, 1.807) is 6.07 Å². The molecular formula is C28H21N2OP. The van der Waals surface area contributed by atoms with Crippen molar-refractivity contribution in [2.75, 3.05) is 0 Å². The normalized spacial score (nSPS) is 11.4. The largest absolute Gasteiger partial charge is 0.506 e. The van der Waals surface area contributed by atoms with Crippen LogP contribution in [0.25, 0.3) is 10.8 Å². The summed E-state index contributed by atoms with van der Waals surface area (Å²) in [5.74, 6) is 0.123. The Morgan fingerprint density at radius 1 is 0.531 bits per heavy atom. The minimum absolute atomic E-state index is 0.123. The van der Waals surface area contributed by atoms with Crippen molar-refractivity contribution in [3.05, 3.63) is 121 Å². The number of hydrogen-bond acceptors (Lipinski definition) is 3. The second kappa shape index (κ2) is 9.13. The number of phenolic OH excluding ortho intramolecular Hbond substituents is 1. The molecule has 5 aromatic rings. The lowest BCUT2D eigenvalue weighted by molar-refractivity contribution is 0.477. The Morgan fingerprint density at radius 2 is 1.12 bits per heavy atom. The number of benzene rings is 5. The van der Waals surface area contributed by atoms with Crippen LogP contribution < -0.4 is 15.9 Å². The van der Waals surface area contributed by atoms with Crippen molar-refractivity contribution >= 4 is 46.0 Å². The highest BCUT2D eigenvalue weighted by atomic mass is 31.1. The Morgan fingerprint density at radius 3 is 1.75 bits per heavy atom. The van der Waals surface area contributed by atoms with Crippen LogP contribution in [0.15, 0.2) is 132 Å². The molecule has 0 bridgehead atoms. The molecule has 154 valence electrons. The third kappa shape index (κ3) is 4.16. The van der Waals surface area contributed by atoms with Crippen molar-refractivity contribution in [1.82, 2.24) is 0 Å². The van der Waals surface area contributed by atoms with Gasteiger partial charge >= 0.3 is 0 Å². The Balaban J connectivity index is 1.61. The second-order valence-electron chi connectivity index (χ2n) is 7.38. The predicted molar refractivity (Wildman–Crippen MR) is 135 cm³/mol. The molecule has 32 heavy (non-hydrogen) atoms. The number of nitrogens with zero attached hydrogens (tertiary/aromatic N) is 2. The summed E-state index contributed by atoms with van der Waals surface area (Å²) in [6, 6.07) is 40.8. The van der Waals surface area contributed by atoms with Gasteiger partial charge in [-0.3, -0.25) is 0 Å². The molecule has 0 amide bonds. The zero-order valence-corrected chi connectivity index (χ0v) is 18.2. The third-order valence-electron chi connectivity index (χ3n) is 5.26. The van der Waals surface area contributed by atoms with E-state index in [9.17, 15) is 5.11 Å². The van der Waals surface area contributed by atoms with Crippen LogP contribution in [-0.4, -0.2) is 5.11 Å². The topological polar surface area (TPSA) is 45.0 Å². The number of phenols is 1. The number of rotatable bonds is 5. The highest BCUT2D eigenvalue weighted by molar-refractivity contribution is 7.79. The van der Waals surface area contributed by atoms with E-state index < -0.39 is 7.92 Å². The van der Waals surface area contributed by atoms with E-state index in [1.807, 2.05) is 42.5 Å². The standard InChI is InChI=1S/C28H21N2OP/c31-27-19-16-21-20-25(17-18-26(21)28(27)30-29-22-10-4-1-5-11-22)32(23-12-6-2-7-13-23)24-14-8-3-9-15-24/h1-20,31H. The first kappa shape index (κ1) is 20.1. The van der Waals surface area contributed by atoms with Crippen LogP contribution in [0.5, 0.6) is 5.75 Å². The maximum Gasteiger partial charge on any atom is 0.143 e. The lowest BCUT2D eigenvalue weighted by Crippen LogP contribution is -2.20. The van der Waals surface area contributed by atoms with Crippen molar-refractivity contribution in [2.24, 2.45) is 10.2 Å². The molecule has 5 rings (SSSR count). The van der Waals surface area contributed by atoms with E-state index in [1.165, 1.54) is 15.9 Å². The fraction of sp³-hybridized carbons (Fsp3) is 0. The highest BCUT2D eigenvalue weighted by Gasteiger charge is 2.17. The van der Waals surface area contributed by atoms with Gasteiger partial charge in [0.1, 0.15) is 11.4 Å². The molecule has 0 aliphatic heterocycles. The first-order valence-electron chi connectivity index (χ1n) is 10.4. The first-order valence-corrected chi connectivity index (χ1v) is 11.8. The fourth-order valence-corrected chi connectivity index (χ4v) is 6.06. The van der Waals surface area contributed by atoms with E-state index in [0.717, 1.165) is 16.5 Å². The van der Waals surface area contributed by atoms with Crippen LogP contribution in [0.2, 0.25) is 0 Å². The summed E-state index contributed by atoms with van der Waals surface area (Å²) in [5.41, 5.74) is 1.24. The van der Waals surface area contributed by atoms with Gasteiger partial charge in [0.2, 0.25) is 0 Å². The number of hydrogen-bond donors (Lipinski definition) is 1. The smallest absolute Gasteiger partial charge is 0.143 e. The predicted octanol–water partition coefficient (Wildman–Crippen LogP) is 6.72. The molecule has 0 fully saturated rings. The summed E-state index contributed by atoms with van der Waals surface area (Å²) in [6.07, 6.45) is 0. The molecule has 5 aromatic carbocycles. The summed E-state index contributed by atoms with van der Waals surface area (Å²) >= 11 is 0. The molecule has 0 aromatic heterocycles. The molecule has 1 N–H and O–H groups in total. The van der Waals surface area contributed by atoms with E-state index in [2.05, 4.69) is 83.0 Å². The SMILES string of the molecule is Oc1ccc2cc(P(c3ccccc3)c3ccccc3)ccc2c1N=Nc1ccccc1. The van der Waals surface area contributed by atoms with Crippen LogP contribution in [0.4, 0.5) is 11.4 Å². The van der Waals surface area contributed by atoms with Crippen molar-refractivity contribution in [1.29, 1.82) is 0 Å². The van der Waals surface area contributed by atoms with E-state index >= 15 is 0 Å². The number of aromatic hydroxyl groups is 1. The molecule has 0 saturated heterocycles. The van der Waals surface area contributed by atoms with Gasteiger partial charge in [0.25, 0.3) is 0 Å². The molecule has 0 radical (unpaired) electrons. The van der Waals surface area contributed by atoms with Gasteiger partial charge in [-0.15, -0.1) is 5.11 Å². The second-order valence-corrected chi connectivity index (χ2v) is 9.60. The molecule has 0 unspecified atom stereocenters. The first-order chi connectivity index (χ1) is 15.8. The van der Waals surface area contributed by atoms with Crippen LogP contribution in [0.1, 0.15) is 0 Å². The molecule has 0 aliphatic rings. The minimum Gasteiger partial charge on any atom is -0.506 e. The van der Waals surface area contributed by atoms with Gasteiger partial charge in [-0.2, -0.15) is 5.11 Å². The Bertz CT molecular complexity index is 1330. The number of fused-ring (bicyclic) bond motifs is 1. The quantitative estimate of drug-likeness (QED) is 0.243. The highest BCUT2D eigenvalue weighted by Crippen LogP contribution is 2.39. The Kier molecular flexibility index (Phi) is 5.74. The van der Waals surface area contributed by atoms with Crippen molar-refractivity contribution in [3.63, 3.8) is 0 Å². The van der Waals surface area contributed by atoms with Crippen LogP contribution in [-0.2, 0) is 0 Å². The van der Waals surface area contributed by atoms with Crippen molar-refractivity contribution in [2.45, 2.75) is 0 Å². The molecule has 0 heterocycles. The van der Waals surface area contributed by atoms with Crippen LogP contribution >= 0.6 is 7.92 Å². The van der Waals surface area contributed by atoms with E-state index in [-0.39, 0.29) is 5.75 Å². The molecule has 0 spiro atoms. The molecule has 3 nitrogen and oxygen atoms in total. The monoisotopic (exact) mass is 432 g/mol. The Hall–Kier alpha value is -3.81. The van der Waals surface area contributed by atoms with Crippen LogP contribution in [0, 0.1) is 0 Å². The summed E-state index contributed by atoms with van der Waals surface area (Å²) < 4.78 is 0. The lowest BCUT2D eigenvalue weighted by atomic mass is 10.1. The van der Waals surface area contributed by atoms with E-state index in [4.69, 9.17) is 0 Å². The summed E-state index contributed by atoms with van der Waals surface area (Å²) in [4.78, 5) is 0. The minimum atomic E-state index is -0.697. The number of azo groups is 1. The summed E-state index contributed by atoms with van der Waals surface area (Å²) in [6.45, 7) is 0. The van der Waals surface area contributed by atoms with Crippen LogP contribution in [0.3, 0.4) is 0 Å². The third-order valence-corrected chi connectivity index (χ3v) is 7.69. The molecule has 0 atom stereocenters. The lowest BCUT2D eigenvalue weighted by Gasteiger charge is -2.20. The molecule has 0 aliphatic carbocycles.